The predicted octanol–water partition coefficient (Wildman–Crippen LogP) is 3.53. The molecule has 4 aromatic rings. The first-order valence-electron chi connectivity index (χ1n) is 10.1. The summed E-state index contributed by atoms with van der Waals surface area (Å²) in [5.74, 6) is 1.09. The summed E-state index contributed by atoms with van der Waals surface area (Å²) in [6.07, 6.45) is 0. The molecule has 0 aliphatic carbocycles. The maximum absolute atomic E-state index is 13.7. The average molecular weight is 432 g/mol. The summed E-state index contributed by atoms with van der Waals surface area (Å²) in [4.78, 5) is 27.1. The molecule has 0 saturated heterocycles. The second-order valence-electron chi connectivity index (χ2n) is 7.34. The van der Waals surface area contributed by atoms with Crippen LogP contribution in [0.3, 0.4) is 0 Å². The zero-order valence-electron chi connectivity index (χ0n) is 18.4. The Bertz CT molecular complexity index is 1390. The van der Waals surface area contributed by atoms with Gasteiger partial charge >= 0.3 is 5.69 Å². The lowest BCUT2D eigenvalue weighted by atomic mass is 10.1. The Morgan fingerprint density at radius 1 is 0.812 bits per heavy atom. The normalized spacial score (nSPS) is 10.9. The van der Waals surface area contributed by atoms with Crippen molar-refractivity contribution in [3.8, 4) is 22.9 Å². The highest BCUT2D eigenvalue weighted by Gasteiger charge is 2.19. The molecule has 0 fully saturated rings. The Kier molecular flexibility index (Phi) is 5.73. The van der Waals surface area contributed by atoms with Crippen molar-refractivity contribution < 1.29 is 14.2 Å². The van der Waals surface area contributed by atoms with Crippen LogP contribution in [0.4, 0.5) is 0 Å². The van der Waals surface area contributed by atoms with Crippen LogP contribution in [-0.4, -0.2) is 30.5 Å². The standard InChI is InChI=1S/C25H24N2O5/c1-16-9-5-6-10-17(16)15-26-20-12-8-7-11-19(20)24(28)27(25(26)29)18-13-21(30-2)23(32-4)22(14-18)31-3/h5-14H,15H2,1-4H3. The van der Waals surface area contributed by atoms with Crippen molar-refractivity contribution in [2.75, 3.05) is 21.3 Å². The molecule has 0 aliphatic heterocycles. The van der Waals surface area contributed by atoms with Crippen LogP contribution in [-0.2, 0) is 6.54 Å². The Morgan fingerprint density at radius 2 is 1.44 bits per heavy atom. The number of fused-ring (bicyclic) bond motifs is 1. The quantitative estimate of drug-likeness (QED) is 0.466. The second kappa shape index (κ2) is 8.63. The van der Waals surface area contributed by atoms with Gasteiger partial charge in [0.15, 0.2) is 11.5 Å². The number of hydrogen-bond donors (Lipinski definition) is 0. The van der Waals surface area contributed by atoms with Crippen molar-refractivity contribution in [3.63, 3.8) is 0 Å². The highest BCUT2D eigenvalue weighted by molar-refractivity contribution is 5.78. The molecule has 3 aromatic carbocycles. The molecule has 0 bridgehead atoms. The van der Waals surface area contributed by atoms with Crippen molar-refractivity contribution in [1.82, 2.24) is 9.13 Å². The van der Waals surface area contributed by atoms with E-state index in [1.807, 2.05) is 37.3 Å². The SMILES string of the molecule is COc1cc(-n2c(=O)c3ccccc3n(Cc3ccccc3C)c2=O)cc(OC)c1OC. The molecule has 0 saturated carbocycles. The van der Waals surface area contributed by atoms with Gasteiger partial charge in [0.2, 0.25) is 5.75 Å². The van der Waals surface area contributed by atoms with E-state index < -0.39 is 11.2 Å². The largest absolute Gasteiger partial charge is 0.493 e. The fraction of sp³-hybridized carbons (Fsp3) is 0.200. The molecule has 0 unspecified atom stereocenters. The van der Waals surface area contributed by atoms with Crippen molar-refractivity contribution in [2.45, 2.75) is 13.5 Å². The number of rotatable bonds is 6. The molecule has 1 heterocycles. The number of hydrogen-bond acceptors (Lipinski definition) is 5. The van der Waals surface area contributed by atoms with Crippen LogP contribution in [0.2, 0.25) is 0 Å². The van der Waals surface area contributed by atoms with Crippen molar-refractivity contribution in [3.05, 3.63) is 92.6 Å². The first-order chi connectivity index (χ1) is 15.5. The summed E-state index contributed by atoms with van der Waals surface area (Å²) < 4.78 is 19.0. The Labute approximate surface area is 185 Å². The average Bonchev–Trinajstić information content (AvgIpc) is 2.82. The minimum absolute atomic E-state index is 0.330. The minimum atomic E-state index is -0.453. The van der Waals surface area contributed by atoms with E-state index in [9.17, 15) is 9.59 Å². The molecular weight excluding hydrogens is 408 g/mol. The van der Waals surface area contributed by atoms with E-state index >= 15 is 0 Å². The van der Waals surface area contributed by atoms with Crippen LogP contribution in [0.15, 0.2) is 70.3 Å². The maximum atomic E-state index is 13.7. The first kappa shape index (κ1) is 21.2. The number of ether oxygens (including phenoxy) is 3. The Balaban J connectivity index is 2.05. The lowest BCUT2D eigenvalue weighted by Crippen LogP contribution is -2.39. The summed E-state index contributed by atoms with van der Waals surface area (Å²) >= 11 is 0. The number of nitrogens with zero attached hydrogens (tertiary/aromatic N) is 2. The molecule has 0 atom stereocenters. The number of para-hydroxylation sites is 1. The number of aromatic nitrogens is 2. The molecule has 0 amide bonds. The van der Waals surface area contributed by atoms with E-state index in [0.29, 0.717) is 40.4 Å². The topological polar surface area (TPSA) is 71.7 Å². The van der Waals surface area contributed by atoms with Gasteiger partial charge in [-0.05, 0) is 30.2 Å². The van der Waals surface area contributed by atoms with Crippen LogP contribution in [0.1, 0.15) is 11.1 Å². The third-order valence-corrected chi connectivity index (χ3v) is 5.55. The predicted molar refractivity (Wildman–Crippen MR) is 124 cm³/mol. The smallest absolute Gasteiger partial charge is 0.336 e. The summed E-state index contributed by atoms with van der Waals surface area (Å²) in [5.41, 5.74) is 2.10. The molecule has 7 heteroatoms. The third kappa shape index (κ3) is 3.51. The van der Waals surface area contributed by atoms with Gasteiger partial charge in [0.05, 0.1) is 44.5 Å². The highest BCUT2D eigenvalue weighted by Crippen LogP contribution is 2.38. The Hall–Kier alpha value is -4.00. The summed E-state index contributed by atoms with van der Waals surface area (Å²) in [7, 11) is 4.47. The molecule has 0 N–H and O–H groups in total. The first-order valence-corrected chi connectivity index (χ1v) is 10.1. The zero-order chi connectivity index (χ0) is 22.8. The van der Waals surface area contributed by atoms with Gasteiger partial charge < -0.3 is 14.2 Å². The summed E-state index contributed by atoms with van der Waals surface area (Å²) in [6, 6.07) is 18.2. The summed E-state index contributed by atoms with van der Waals surface area (Å²) in [6.45, 7) is 2.33. The van der Waals surface area contributed by atoms with E-state index in [4.69, 9.17) is 14.2 Å². The lowest BCUT2D eigenvalue weighted by Gasteiger charge is -2.17. The molecule has 32 heavy (non-hydrogen) atoms. The number of aryl methyl sites for hydroxylation is 1. The van der Waals surface area contributed by atoms with Crippen LogP contribution < -0.4 is 25.5 Å². The summed E-state index contributed by atoms with van der Waals surface area (Å²) in [5, 5.41) is 0.439. The van der Waals surface area contributed by atoms with Gasteiger partial charge in [-0.3, -0.25) is 9.36 Å². The highest BCUT2D eigenvalue weighted by atomic mass is 16.5. The molecule has 0 radical (unpaired) electrons. The fourth-order valence-corrected chi connectivity index (χ4v) is 3.86. The van der Waals surface area contributed by atoms with Crippen LogP contribution >= 0.6 is 0 Å². The monoisotopic (exact) mass is 432 g/mol. The zero-order valence-corrected chi connectivity index (χ0v) is 18.4. The minimum Gasteiger partial charge on any atom is -0.493 e. The molecule has 4 rings (SSSR count). The van der Waals surface area contributed by atoms with Crippen molar-refractivity contribution >= 4 is 10.9 Å². The number of methoxy groups -OCH3 is 3. The van der Waals surface area contributed by atoms with E-state index in [1.165, 1.54) is 21.3 Å². The van der Waals surface area contributed by atoms with E-state index in [2.05, 4.69) is 0 Å². The van der Waals surface area contributed by atoms with Crippen LogP contribution in [0.25, 0.3) is 16.6 Å². The molecule has 1 aromatic heterocycles. The maximum Gasteiger partial charge on any atom is 0.336 e. The van der Waals surface area contributed by atoms with Gasteiger partial charge in [-0.25, -0.2) is 9.36 Å². The van der Waals surface area contributed by atoms with Gasteiger partial charge in [0.25, 0.3) is 5.56 Å². The van der Waals surface area contributed by atoms with E-state index in [-0.39, 0.29) is 0 Å². The van der Waals surface area contributed by atoms with Crippen molar-refractivity contribution in [2.24, 2.45) is 0 Å². The fourth-order valence-electron chi connectivity index (χ4n) is 3.86. The van der Waals surface area contributed by atoms with E-state index in [0.717, 1.165) is 15.7 Å². The van der Waals surface area contributed by atoms with Crippen LogP contribution in [0, 0.1) is 6.92 Å². The Morgan fingerprint density at radius 3 is 2.06 bits per heavy atom. The van der Waals surface area contributed by atoms with Gasteiger partial charge in [-0.2, -0.15) is 0 Å². The molecule has 0 spiro atoms. The molecule has 7 nitrogen and oxygen atoms in total. The number of benzene rings is 3. The van der Waals surface area contributed by atoms with Gasteiger partial charge in [-0.15, -0.1) is 0 Å². The second-order valence-corrected chi connectivity index (χ2v) is 7.34. The van der Waals surface area contributed by atoms with Crippen molar-refractivity contribution in [1.29, 1.82) is 0 Å². The van der Waals surface area contributed by atoms with Gasteiger partial charge in [-0.1, -0.05) is 36.4 Å². The molecular formula is C25H24N2O5. The molecule has 0 aliphatic rings. The van der Waals surface area contributed by atoms with Gasteiger partial charge in [0, 0.05) is 12.1 Å². The third-order valence-electron chi connectivity index (χ3n) is 5.55. The van der Waals surface area contributed by atoms with Crippen LogP contribution in [0.5, 0.6) is 17.2 Å². The van der Waals surface area contributed by atoms with Gasteiger partial charge in [0.1, 0.15) is 0 Å². The lowest BCUT2D eigenvalue weighted by molar-refractivity contribution is 0.324. The van der Waals surface area contributed by atoms with E-state index in [1.54, 1.807) is 34.9 Å². The molecule has 164 valence electrons.